The Morgan fingerprint density at radius 2 is 1.83 bits per heavy atom. The molecule has 0 spiro atoms. The normalized spacial score (nSPS) is 15.3. The first kappa shape index (κ1) is 14.6. The van der Waals surface area contributed by atoms with Crippen molar-refractivity contribution in [2.24, 2.45) is 0 Å². The van der Waals surface area contributed by atoms with E-state index < -0.39 is 0 Å². The van der Waals surface area contributed by atoms with Crippen molar-refractivity contribution >= 4 is 45.1 Å². The minimum absolute atomic E-state index is 0.289. The zero-order chi connectivity index (χ0) is 15.8. The Morgan fingerprint density at radius 3 is 2.57 bits per heavy atom. The van der Waals surface area contributed by atoms with Crippen LogP contribution in [0.5, 0.6) is 0 Å². The van der Waals surface area contributed by atoms with Gasteiger partial charge in [-0.1, -0.05) is 35.1 Å². The van der Waals surface area contributed by atoms with Crippen LogP contribution in [0.15, 0.2) is 24.3 Å². The number of piperazine rings is 1. The molecule has 0 atom stereocenters. The van der Waals surface area contributed by atoms with Crippen molar-refractivity contribution in [3.8, 4) is 10.6 Å². The predicted octanol–water partition coefficient (Wildman–Crippen LogP) is 2.40. The lowest BCUT2D eigenvalue weighted by atomic mass is 10.2. The number of thiazole rings is 1. The van der Waals surface area contributed by atoms with E-state index in [-0.39, 0.29) is 5.95 Å². The lowest BCUT2D eigenvalue weighted by molar-refractivity contribution is 0.586. The lowest BCUT2D eigenvalue weighted by Gasteiger charge is -2.28. The van der Waals surface area contributed by atoms with E-state index in [0.29, 0.717) is 5.02 Å². The highest BCUT2D eigenvalue weighted by molar-refractivity contribution is 7.21. The van der Waals surface area contributed by atoms with Gasteiger partial charge in [-0.05, 0) is 12.1 Å². The molecule has 118 valence electrons. The van der Waals surface area contributed by atoms with Crippen LogP contribution in [0.3, 0.4) is 0 Å². The summed E-state index contributed by atoms with van der Waals surface area (Å²) in [5, 5.41) is 4.94. The van der Waals surface area contributed by atoms with Crippen LogP contribution in [0.25, 0.3) is 20.9 Å². The second-order valence-electron chi connectivity index (χ2n) is 5.32. The van der Waals surface area contributed by atoms with E-state index in [1.54, 1.807) is 0 Å². The van der Waals surface area contributed by atoms with E-state index in [0.717, 1.165) is 52.9 Å². The van der Waals surface area contributed by atoms with Crippen molar-refractivity contribution < 1.29 is 0 Å². The number of hydrogen-bond donors (Lipinski definition) is 2. The summed E-state index contributed by atoms with van der Waals surface area (Å²) >= 11 is 7.48. The highest BCUT2D eigenvalue weighted by Gasteiger charge is 2.20. The Bertz CT molecular complexity index is 841. The van der Waals surface area contributed by atoms with E-state index in [2.05, 4.69) is 20.2 Å². The number of rotatable bonds is 2. The van der Waals surface area contributed by atoms with Crippen LogP contribution in [-0.2, 0) is 0 Å². The van der Waals surface area contributed by atoms with Gasteiger partial charge in [0.15, 0.2) is 10.6 Å². The van der Waals surface area contributed by atoms with E-state index in [1.807, 2.05) is 24.3 Å². The van der Waals surface area contributed by atoms with Gasteiger partial charge >= 0.3 is 0 Å². The number of halogens is 1. The number of nitrogens with one attached hydrogen (secondary N) is 1. The molecule has 3 N–H and O–H groups in total. The van der Waals surface area contributed by atoms with Crippen molar-refractivity contribution in [1.29, 1.82) is 0 Å². The van der Waals surface area contributed by atoms with Gasteiger partial charge in [-0.2, -0.15) is 4.98 Å². The molecule has 1 aliphatic heterocycles. The van der Waals surface area contributed by atoms with Gasteiger partial charge in [0.05, 0.1) is 0 Å². The molecule has 0 unspecified atom stereocenters. The maximum absolute atomic E-state index is 5.96. The van der Waals surface area contributed by atoms with Crippen LogP contribution in [0.4, 0.5) is 11.8 Å². The molecule has 0 saturated carbocycles. The third-order valence-electron chi connectivity index (χ3n) is 3.77. The maximum Gasteiger partial charge on any atom is 0.223 e. The summed E-state index contributed by atoms with van der Waals surface area (Å²) < 4.78 is 0. The Morgan fingerprint density at radius 1 is 1.09 bits per heavy atom. The molecule has 8 heteroatoms. The molecule has 0 radical (unpaired) electrons. The number of benzene rings is 1. The van der Waals surface area contributed by atoms with Gasteiger partial charge < -0.3 is 16.0 Å². The first-order chi connectivity index (χ1) is 11.2. The summed E-state index contributed by atoms with van der Waals surface area (Å²) in [6.45, 7) is 3.64. The second-order valence-corrected chi connectivity index (χ2v) is 6.74. The summed E-state index contributed by atoms with van der Waals surface area (Å²) in [6, 6.07) is 7.64. The van der Waals surface area contributed by atoms with Crippen molar-refractivity contribution in [3.05, 3.63) is 29.3 Å². The van der Waals surface area contributed by atoms with Crippen LogP contribution >= 0.6 is 22.9 Å². The van der Waals surface area contributed by atoms with Gasteiger partial charge in [0.2, 0.25) is 5.95 Å². The molecule has 1 aliphatic rings. The molecule has 1 saturated heterocycles. The van der Waals surface area contributed by atoms with E-state index >= 15 is 0 Å². The van der Waals surface area contributed by atoms with Crippen molar-refractivity contribution in [2.75, 3.05) is 36.8 Å². The van der Waals surface area contributed by atoms with E-state index in [9.17, 15) is 0 Å². The Balaban J connectivity index is 1.82. The second kappa shape index (κ2) is 5.92. The molecule has 0 aliphatic carbocycles. The molecular weight excluding hydrogens is 332 g/mol. The summed E-state index contributed by atoms with van der Waals surface area (Å²) in [7, 11) is 0. The highest BCUT2D eigenvalue weighted by atomic mass is 35.5. The highest BCUT2D eigenvalue weighted by Crippen LogP contribution is 2.34. The SMILES string of the molecule is Nc1nc(N2CCNCC2)c2nc(-c3ccc(Cl)cc3)sc2n1. The molecule has 2 aromatic heterocycles. The monoisotopic (exact) mass is 346 g/mol. The van der Waals surface area contributed by atoms with Crippen molar-refractivity contribution in [1.82, 2.24) is 20.3 Å². The molecule has 23 heavy (non-hydrogen) atoms. The molecular formula is C15H15ClN6S. The van der Waals surface area contributed by atoms with Crippen molar-refractivity contribution in [2.45, 2.75) is 0 Å². The summed E-state index contributed by atoms with van der Waals surface area (Å²) in [6.07, 6.45) is 0. The molecule has 1 aromatic carbocycles. The van der Waals surface area contributed by atoms with Crippen LogP contribution < -0.4 is 16.0 Å². The average molecular weight is 347 g/mol. The first-order valence-electron chi connectivity index (χ1n) is 7.36. The Kier molecular flexibility index (Phi) is 3.76. The fourth-order valence-corrected chi connectivity index (χ4v) is 3.71. The number of aromatic nitrogens is 3. The number of nitrogen functional groups attached to an aromatic ring is 1. The topological polar surface area (TPSA) is 80.0 Å². The Hall–Kier alpha value is -1.96. The van der Waals surface area contributed by atoms with Gasteiger partial charge in [0, 0.05) is 36.8 Å². The number of fused-ring (bicyclic) bond motifs is 1. The fourth-order valence-electron chi connectivity index (χ4n) is 2.64. The zero-order valence-electron chi connectivity index (χ0n) is 12.3. The smallest absolute Gasteiger partial charge is 0.223 e. The van der Waals surface area contributed by atoms with Gasteiger partial charge in [-0.3, -0.25) is 0 Å². The molecule has 1 fully saturated rings. The number of anilines is 2. The molecule has 0 amide bonds. The average Bonchev–Trinajstić information content (AvgIpc) is 2.99. The summed E-state index contributed by atoms with van der Waals surface area (Å²) in [5.41, 5.74) is 7.73. The Labute approximate surface area is 142 Å². The van der Waals surface area contributed by atoms with Crippen LogP contribution in [-0.4, -0.2) is 41.1 Å². The van der Waals surface area contributed by atoms with Crippen molar-refractivity contribution in [3.63, 3.8) is 0 Å². The van der Waals surface area contributed by atoms with Crippen LogP contribution in [0, 0.1) is 0 Å². The van der Waals surface area contributed by atoms with E-state index in [4.69, 9.17) is 22.3 Å². The summed E-state index contributed by atoms with van der Waals surface area (Å²) in [5.74, 6) is 1.11. The third kappa shape index (κ3) is 2.83. The van der Waals surface area contributed by atoms with Crippen LogP contribution in [0.2, 0.25) is 5.02 Å². The fraction of sp³-hybridized carbons (Fsp3) is 0.267. The number of nitrogens with two attached hydrogens (primary N) is 1. The predicted molar refractivity (Wildman–Crippen MR) is 95.2 cm³/mol. The maximum atomic E-state index is 5.96. The molecule has 3 heterocycles. The quantitative estimate of drug-likeness (QED) is 0.741. The number of nitrogens with zero attached hydrogens (tertiary/aromatic N) is 4. The number of hydrogen-bond acceptors (Lipinski definition) is 7. The van der Waals surface area contributed by atoms with Gasteiger partial charge in [-0.15, -0.1) is 0 Å². The van der Waals surface area contributed by atoms with Crippen LogP contribution in [0.1, 0.15) is 0 Å². The minimum atomic E-state index is 0.289. The minimum Gasteiger partial charge on any atom is -0.368 e. The largest absolute Gasteiger partial charge is 0.368 e. The molecule has 3 aromatic rings. The standard InChI is InChI=1S/C15H15ClN6S/c16-10-3-1-9(2-4-10)13-19-11-12(22-7-5-18-6-8-22)20-15(17)21-14(11)23-13/h1-4,18H,5-8H2,(H2,17,20,21). The first-order valence-corrected chi connectivity index (χ1v) is 8.56. The van der Waals surface area contributed by atoms with Gasteiger partial charge in [-0.25, -0.2) is 9.97 Å². The third-order valence-corrected chi connectivity index (χ3v) is 5.02. The van der Waals surface area contributed by atoms with E-state index in [1.165, 1.54) is 11.3 Å². The molecule has 6 nitrogen and oxygen atoms in total. The summed E-state index contributed by atoms with van der Waals surface area (Å²) in [4.78, 5) is 16.6. The van der Waals surface area contributed by atoms with Gasteiger partial charge in [0.1, 0.15) is 10.5 Å². The van der Waals surface area contributed by atoms with Gasteiger partial charge in [0.25, 0.3) is 0 Å². The molecule has 0 bridgehead atoms. The lowest BCUT2D eigenvalue weighted by Crippen LogP contribution is -2.44. The zero-order valence-corrected chi connectivity index (χ0v) is 13.9. The molecule has 4 rings (SSSR count).